The molecule has 5 nitrogen and oxygen atoms in total. The molecule has 1 amide bonds. The highest BCUT2D eigenvalue weighted by Crippen LogP contribution is 2.12. The number of rotatable bonds is 9. The molecular formula is C15H19F2NO4. The maximum absolute atomic E-state index is 13.2. The first-order valence-corrected chi connectivity index (χ1v) is 6.86. The summed E-state index contributed by atoms with van der Waals surface area (Å²) in [6.07, 6.45) is 0.507. The Morgan fingerprint density at radius 3 is 2.55 bits per heavy atom. The molecule has 0 unspecified atom stereocenters. The number of hydrogen-bond donors (Lipinski definition) is 1. The summed E-state index contributed by atoms with van der Waals surface area (Å²) in [5, 5.41) is 8.74. The third-order valence-electron chi connectivity index (χ3n) is 3.04. The van der Waals surface area contributed by atoms with Gasteiger partial charge >= 0.3 is 5.97 Å². The van der Waals surface area contributed by atoms with Crippen LogP contribution in [0.5, 0.6) is 0 Å². The van der Waals surface area contributed by atoms with Gasteiger partial charge in [0, 0.05) is 33.2 Å². The van der Waals surface area contributed by atoms with Crippen molar-refractivity contribution in [2.24, 2.45) is 0 Å². The SMILES string of the molecule is COCCCC(=O)N(CCC(=O)O)Cc1ccc(F)c(F)c1. The van der Waals surface area contributed by atoms with E-state index in [-0.39, 0.29) is 31.8 Å². The molecule has 0 spiro atoms. The van der Waals surface area contributed by atoms with Crippen molar-refractivity contribution in [2.45, 2.75) is 25.8 Å². The van der Waals surface area contributed by atoms with Crippen LogP contribution in [0.2, 0.25) is 0 Å². The fraction of sp³-hybridized carbons (Fsp3) is 0.467. The van der Waals surface area contributed by atoms with Crippen molar-refractivity contribution < 1.29 is 28.2 Å². The van der Waals surface area contributed by atoms with E-state index in [1.54, 1.807) is 0 Å². The second-order valence-electron chi connectivity index (χ2n) is 4.80. The van der Waals surface area contributed by atoms with Gasteiger partial charge in [-0.05, 0) is 24.1 Å². The van der Waals surface area contributed by atoms with Gasteiger partial charge in [-0.15, -0.1) is 0 Å². The quantitative estimate of drug-likeness (QED) is 0.709. The molecule has 22 heavy (non-hydrogen) atoms. The maximum atomic E-state index is 13.2. The molecule has 0 saturated carbocycles. The number of carbonyl (C=O) groups excluding carboxylic acids is 1. The number of carbonyl (C=O) groups is 2. The molecule has 0 aliphatic carbocycles. The third kappa shape index (κ3) is 6.17. The first kappa shape index (κ1) is 18.0. The van der Waals surface area contributed by atoms with Gasteiger partial charge in [-0.1, -0.05) is 6.07 Å². The summed E-state index contributed by atoms with van der Waals surface area (Å²) in [5.41, 5.74) is 0.407. The number of ether oxygens (including phenoxy) is 1. The predicted octanol–water partition coefficient (Wildman–Crippen LogP) is 2.19. The van der Waals surface area contributed by atoms with Gasteiger partial charge in [-0.3, -0.25) is 9.59 Å². The molecular weight excluding hydrogens is 296 g/mol. The highest BCUT2D eigenvalue weighted by molar-refractivity contribution is 5.77. The Bertz CT molecular complexity index is 522. The molecule has 0 radical (unpaired) electrons. The van der Waals surface area contributed by atoms with Crippen LogP contribution in [0, 0.1) is 11.6 Å². The fourth-order valence-corrected chi connectivity index (χ4v) is 1.91. The second-order valence-corrected chi connectivity index (χ2v) is 4.80. The highest BCUT2D eigenvalue weighted by atomic mass is 19.2. The molecule has 0 heterocycles. The van der Waals surface area contributed by atoms with Crippen LogP contribution in [0.15, 0.2) is 18.2 Å². The number of carboxylic acids is 1. The van der Waals surface area contributed by atoms with Crippen LogP contribution in [0.3, 0.4) is 0 Å². The molecule has 1 rings (SSSR count). The number of benzene rings is 1. The van der Waals surface area contributed by atoms with E-state index in [9.17, 15) is 18.4 Å². The molecule has 1 aromatic carbocycles. The molecule has 0 saturated heterocycles. The summed E-state index contributed by atoms with van der Waals surface area (Å²) in [6, 6.07) is 3.36. The fourth-order valence-electron chi connectivity index (χ4n) is 1.91. The number of halogens is 2. The molecule has 0 atom stereocenters. The molecule has 1 aromatic rings. The van der Waals surface area contributed by atoms with Crippen LogP contribution in [0.1, 0.15) is 24.8 Å². The lowest BCUT2D eigenvalue weighted by Gasteiger charge is -2.22. The number of carboxylic acid groups (broad SMARTS) is 1. The zero-order chi connectivity index (χ0) is 16.5. The minimum atomic E-state index is -1.03. The molecule has 122 valence electrons. The van der Waals surface area contributed by atoms with Gasteiger partial charge in [0.2, 0.25) is 5.91 Å². The van der Waals surface area contributed by atoms with Crippen molar-refractivity contribution in [3.8, 4) is 0 Å². The van der Waals surface area contributed by atoms with Gasteiger partial charge < -0.3 is 14.7 Å². The van der Waals surface area contributed by atoms with E-state index < -0.39 is 17.6 Å². The highest BCUT2D eigenvalue weighted by Gasteiger charge is 2.16. The van der Waals surface area contributed by atoms with Gasteiger partial charge in [0.25, 0.3) is 0 Å². The Kier molecular flexibility index (Phi) is 7.45. The lowest BCUT2D eigenvalue weighted by Crippen LogP contribution is -2.32. The van der Waals surface area contributed by atoms with Crippen molar-refractivity contribution in [1.29, 1.82) is 0 Å². The Balaban J connectivity index is 2.73. The average Bonchev–Trinajstić information content (AvgIpc) is 2.47. The van der Waals surface area contributed by atoms with Crippen molar-refractivity contribution >= 4 is 11.9 Å². The van der Waals surface area contributed by atoms with Crippen molar-refractivity contribution in [3.05, 3.63) is 35.4 Å². The molecule has 0 fully saturated rings. The summed E-state index contributed by atoms with van der Waals surface area (Å²) in [7, 11) is 1.52. The Morgan fingerprint density at radius 1 is 1.23 bits per heavy atom. The number of methoxy groups -OCH3 is 1. The average molecular weight is 315 g/mol. The van der Waals surface area contributed by atoms with Crippen molar-refractivity contribution in [3.63, 3.8) is 0 Å². The van der Waals surface area contributed by atoms with Crippen LogP contribution >= 0.6 is 0 Å². The lowest BCUT2D eigenvalue weighted by molar-refractivity contribution is -0.138. The normalized spacial score (nSPS) is 10.5. The van der Waals surface area contributed by atoms with Crippen molar-refractivity contribution in [1.82, 2.24) is 4.90 Å². The molecule has 0 bridgehead atoms. The van der Waals surface area contributed by atoms with Crippen LogP contribution in [0.25, 0.3) is 0 Å². The first-order valence-electron chi connectivity index (χ1n) is 6.86. The zero-order valence-electron chi connectivity index (χ0n) is 12.3. The standard InChI is InChI=1S/C15H19F2NO4/c1-22-8-2-3-14(19)18(7-6-15(20)21)10-11-4-5-12(16)13(17)9-11/h4-5,9H,2-3,6-8,10H2,1H3,(H,20,21). The number of hydrogen-bond acceptors (Lipinski definition) is 3. The number of aliphatic carboxylic acids is 1. The Morgan fingerprint density at radius 2 is 1.95 bits per heavy atom. The second kappa shape index (κ2) is 9.09. The summed E-state index contributed by atoms with van der Waals surface area (Å²) in [4.78, 5) is 24.1. The van der Waals surface area contributed by atoms with Crippen LogP contribution in [-0.4, -0.2) is 42.1 Å². The smallest absolute Gasteiger partial charge is 0.305 e. The predicted molar refractivity (Wildman–Crippen MR) is 75.1 cm³/mol. The van der Waals surface area contributed by atoms with Gasteiger partial charge in [-0.25, -0.2) is 8.78 Å². The molecule has 7 heteroatoms. The van der Waals surface area contributed by atoms with Gasteiger partial charge in [0.15, 0.2) is 11.6 Å². The van der Waals surface area contributed by atoms with E-state index in [4.69, 9.17) is 9.84 Å². The minimum absolute atomic E-state index is 0.0140. The van der Waals surface area contributed by atoms with Crippen LogP contribution < -0.4 is 0 Å². The van der Waals surface area contributed by atoms with Gasteiger partial charge in [0.1, 0.15) is 0 Å². The van der Waals surface area contributed by atoms with E-state index in [0.717, 1.165) is 12.1 Å². The Hall–Kier alpha value is -2.02. The molecule has 1 N–H and O–H groups in total. The molecule has 0 aromatic heterocycles. The summed E-state index contributed by atoms with van der Waals surface area (Å²) >= 11 is 0. The Labute approximate surface area is 127 Å². The number of amides is 1. The first-order chi connectivity index (χ1) is 10.4. The summed E-state index contributed by atoms with van der Waals surface area (Å²) in [5.74, 6) is -3.24. The van der Waals surface area contributed by atoms with E-state index >= 15 is 0 Å². The lowest BCUT2D eigenvalue weighted by atomic mass is 10.1. The maximum Gasteiger partial charge on any atom is 0.305 e. The molecule has 0 aliphatic heterocycles. The van der Waals surface area contributed by atoms with Crippen molar-refractivity contribution in [2.75, 3.05) is 20.3 Å². The van der Waals surface area contributed by atoms with E-state index in [1.165, 1.54) is 18.1 Å². The zero-order valence-corrected chi connectivity index (χ0v) is 12.3. The van der Waals surface area contributed by atoms with E-state index in [0.29, 0.717) is 18.6 Å². The third-order valence-corrected chi connectivity index (χ3v) is 3.04. The summed E-state index contributed by atoms with van der Waals surface area (Å²) < 4.78 is 31.0. The summed E-state index contributed by atoms with van der Waals surface area (Å²) in [6.45, 7) is 0.472. The van der Waals surface area contributed by atoms with Gasteiger partial charge in [-0.2, -0.15) is 0 Å². The number of nitrogens with zero attached hydrogens (tertiary/aromatic N) is 1. The van der Waals surface area contributed by atoms with E-state index in [2.05, 4.69) is 0 Å². The largest absolute Gasteiger partial charge is 0.481 e. The topological polar surface area (TPSA) is 66.8 Å². The van der Waals surface area contributed by atoms with Gasteiger partial charge in [0.05, 0.1) is 6.42 Å². The van der Waals surface area contributed by atoms with E-state index in [1.807, 2.05) is 0 Å². The van der Waals surface area contributed by atoms with Crippen LogP contribution in [0.4, 0.5) is 8.78 Å². The van der Waals surface area contributed by atoms with Crippen LogP contribution in [-0.2, 0) is 20.9 Å². The molecule has 0 aliphatic rings. The monoisotopic (exact) mass is 315 g/mol. The minimum Gasteiger partial charge on any atom is -0.481 e.